The molecule has 2 aliphatic heterocycles. The van der Waals surface area contributed by atoms with E-state index in [1.807, 2.05) is 11.1 Å². The monoisotopic (exact) mass is 262 g/mol. The molecule has 3 rings (SSSR count). The van der Waals surface area contributed by atoms with Crippen LogP contribution in [0.25, 0.3) is 0 Å². The Balaban J connectivity index is 1.80. The van der Waals surface area contributed by atoms with Gasteiger partial charge in [-0.05, 0) is 26.2 Å². The van der Waals surface area contributed by atoms with Crippen LogP contribution in [0.15, 0.2) is 6.20 Å². The average Bonchev–Trinajstić information content (AvgIpc) is 2.74. The van der Waals surface area contributed by atoms with Crippen LogP contribution in [-0.4, -0.2) is 39.5 Å². The minimum atomic E-state index is 0.0955. The van der Waals surface area contributed by atoms with Gasteiger partial charge in [0, 0.05) is 31.9 Å². The molecule has 2 aliphatic rings. The minimum absolute atomic E-state index is 0.0955. The van der Waals surface area contributed by atoms with Crippen LogP contribution < -0.4 is 5.32 Å². The highest BCUT2D eigenvalue weighted by Crippen LogP contribution is 2.20. The van der Waals surface area contributed by atoms with Crippen LogP contribution in [0.4, 0.5) is 5.95 Å². The Morgan fingerprint density at radius 3 is 3.05 bits per heavy atom. The van der Waals surface area contributed by atoms with E-state index in [0.717, 1.165) is 44.8 Å². The first-order valence-electron chi connectivity index (χ1n) is 7.38. The standard InChI is InChI=1S/C14H22N4O/c1-11-6-3-2-4-9-18(11)13(19)12-10-17-8-5-7-15-14(17)16-12/h10-11H,2-9H2,1H3,(H,15,16). The molecule has 1 fully saturated rings. The lowest BCUT2D eigenvalue weighted by atomic mass is 10.1. The second-order valence-corrected chi connectivity index (χ2v) is 5.62. The quantitative estimate of drug-likeness (QED) is 0.843. The molecule has 0 bridgehead atoms. The summed E-state index contributed by atoms with van der Waals surface area (Å²) in [5.41, 5.74) is 0.596. The van der Waals surface area contributed by atoms with Crippen molar-refractivity contribution in [1.82, 2.24) is 14.5 Å². The third kappa shape index (κ3) is 2.46. The zero-order valence-corrected chi connectivity index (χ0v) is 11.6. The summed E-state index contributed by atoms with van der Waals surface area (Å²) < 4.78 is 2.05. The number of aryl methyl sites for hydroxylation is 1. The Morgan fingerprint density at radius 2 is 2.21 bits per heavy atom. The highest BCUT2D eigenvalue weighted by atomic mass is 16.2. The predicted molar refractivity (Wildman–Crippen MR) is 74.3 cm³/mol. The summed E-state index contributed by atoms with van der Waals surface area (Å²) in [6.45, 7) is 4.93. The van der Waals surface area contributed by atoms with E-state index in [4.69, 9.17) is 0 Å². The zero-order valence-electron chi connectivity index (χ0n) is 11.6. The second-order valence-electron chi connectivity index (χ2n) is 5.62. The first-order chi connectivity index (χ1) is 9.25. The predicted octanol–water partition coefficient (Wildman–Crippen LogP) is 2.10. The summed E-state index contributed by atoms with van der Waals surface area (Å²) in [5.74, 6) is 0.940. The summed E-state index contributed by atoms with van der Waals surface area (Å²) in [5, 5.41) is 3.25. The molecule has 1 saturated heterocycles. The topological polar surface area (TPSA) is 50.2 Å². The summed E-state index contributed by atoms with van der Waals surface area (Å²) >= 11 is 0. The van der Waals surface area contributed by atoms with Crippen LogP contribution in [-0.2, 0) is 6.54 Å². The van der Waals surface area contributed by atoms with Gasteiger partial charge in [0.1, 0.15) is 5.69 Å². The molecule has 1 aromatic rings. The molecule has 3 heterocycles. The van der Waals surface area contributed by atoms with Crippen LogP contribution in [0.1, 0.15) is 49.5 Å². The molecule has 0 aromatic carbocycles. The Bertz CT molecular complexity index is 445. The molecule has 0 spiro atoms. The van der Waals surface area contributed by atoms with Crippen molar-refractivity contribution < 1.29 is 4.79 Å². The van der Waals surface area contributed by atoms with Crippen LogP contribution in [0, 0.1) is 0 Å². The summed E-state index contributed by atoms with van der Waals surface area (Å²) in [7, 11) is 0. The molecule has 5 nitrogen and oxygen atoms in total. The molecule has 1 unspecified atom stereocenters. The van der Waals surface area contributed by atoms with Gasteiger partial charge in [-0.25, -0.2) is 4.98 Å². The van der Waals surface area contributed by atoms with Gasteiger partial charge in [0.2, 0.25) is 5.95 Å². The van der Waals surface area contributed by atoms with Crippen LogP contribution in [0.5, 0.6) is 0 Å². The fourth-order valence-electron chi connectivity index (χ4n) is 3.00. The molecule has 0 saturated carbocycles. The number of rotatable bonds is 1. The van der Waals surface area contributed by atoms with Gasteiger partial charge >= 0.3 is 0 Å². The number of hydrogen-bond acceptors (Lipinski definition) is 3. The largest absolute Gasteiger partial charge is 0.356 e. The Kier molecular flexibility index (Phi) is 3.44. The number of anilines is 1. The lowest BCUT2D eigenvalue weighted by Crippen LogP contribution is -2.38. The molecule has 19 heavy (non-hydrogen) atoms. The molecule has 1 atom stereocenters. The Hall–Kier alpha value is -1.52. The highest BCUT2D eigenvalue weighted by Gasteiger charge is 2.26. The lowest BCUT2D eigenvalue weighted by Gasteiger charge is -2.26. The van der Waals surface area contributed by atoms with Crippen molar-refractivity contribution in [3.8, 4) is 0 Å². The number of fused-ring (bicyclic) bond motifs is 1. The molecule has 104 valence electrons. The van der Waals surface area contributed by atoms with Gasteiger partial charge in [0.05, 0.1) is 0 Å². The summed E-state index contributed by atoms with van der Waals surface area (Å²) in [6, 6.07) is 0.335. The van der Waals surface area contributed by atoms with Crippen LogP contribution in [0.3, 0.4) is 0 Å². The van der Waals surface area contributed by atoms with E-state index in [0.29, 0.717) is 11.7 Å². The SMILES string of the molecule is CC1CCCCCN1C(=O)c1cn2c(n1)NCCC2. The molecule has 0 radical (unpaired) electrons. The van der Waals surface area contributed by atoms with Gasteiger partial charge in [-0.2, -0.15) is 0 Å². The van der Waals surface area contributed by atoms with Crippen molar-refractivity contribution in [2.45, 2.75) is 51.6 Å². The minimum Gasteiger partial charge on any atom is -0.356 e. The van der Waals surface area contributed by atoms with Crippen molar-refractivity contribution in [2.75, 3.05) is 18.4 Å². The number of amides is 1. The number of aromatic nitrogens is 2. The van der Waals surface area contributed by atoms with Crippen molar-refractivity contribution in [3.05, 3.63) is 11.9 Å². The van der Waals surface area contributed by atoms with Gasteiger partial charge in [0.15, 0.2) is 0 Å². The third-order valence-corrected chi connectivity index (χ3v) is 4.17. The van der Waals surface area contributed by atoms with Gasteiger partial charge in [-0.15, -0.1) is 0 Å². The third-order valence-electron chi connectivity index (χ3n) is 4.17. The van der Waals surface area contributed by atoms with Gasteiger partial charge < -0.3 is 14.8 Å². The molecule has 1 amide bonds. The number of carbonyl (C=O) groups is 1. The van der Waals surface area contributed by atoms with Crippen LogP contribution >= 0.6 is 0 Å². The van der Waals surface area contributed by atoms with E-state index >= 15 is 0 Å². The molecule has 1 aromatic heterocycles. The fraction of sp³-hybridized carbons (Fsp3) is 0.714. The van der Waals surface area contributed by atoms with Gasteiger partial charge in [0.25, 0.3) is 5.91 Å². The smallest absolute Gasteiger partial charge is 0.274 e. The molecule has 0 aliphatic carbocycles. The maximum atomic E-state index is 12.6. The van der Waals surface area contributed by atoms with Crippen LogP contribution in [0.2, 0.25) is 0 Å². The number of carbonyl (C=O) groups excluding carboxylic acids is 1. The average molecular weight is 262 g/mol. The molecular weight excluding hydrogens is 240 g/mol. The normalized spacial score (nSPS) is 23.4. The van der Waals surface area contributed by atoms with E-state index < -0.39 is 0 Å². The van der Waals surface area contributed by atoms with E-state index in [1.54, 1.807) is 0 Å². The maximum Gasteiger partial charge on any atom is 0.274 e. The number of imidazole rings is 1. The maximum absolute atomic E-state index is 12.6. The molecule has 1 N–H and O–H groups in total. The van der Waals surface area contributed by atoms with Crippen molar-refractivity contribution in [1.29, 1.82) is 0 Å². The fourth-order valence-corrected chi connectivity index (χ4v) is 3.00. The van der Waals surface area contributed by atoms with Gasteiger partial charge in [-0.3, -0.25) is 4.79 Å². The van der Waals surface area contributed by atoms with E-state index in [9.17, 15) is 4.79 Å². The van der Waals surface area contributed by atoms with E-state index in [2.05, 4.69) is 21.8 Å². The number of likely N-dealkylation sites (tertiary alicyclic amines) is 1. The summed E-state index contributed by atoms with van der Waals surface area (Å²) in [4.78, 5) is 19.1. The Morgan fingerprint density at radius 1 is 1.32 bits per heavy atom. The van der Waals surface area contributed by atoms with Crippen molar-refractivity contribution >= 4 is 11.9 Å². The number of nitrogens with zero attached hydrogens (tertiary/aromatic N) is 3. The van der Waals surface area contributed by atoms with Gasteiger partial charge in [-0.1, -0.05) is 12.8 Å². The number of nitrogens with one attached hydrogen (secondary N) is 1. The molecule has 5 heteroatoms. The summed E-state index contributed by atoms with van der Waals surface area (Å²) in [6.07, 6.45) is 7.68. The zero-order chi connectivity index (χ0) is 13.2. The first-order valence-corrected chi connectivity index (χ1v) is 7.38. The van der Waals surface area contributed by atoms with Crippen molar-refractivity contribution in [2.24, 2.45) is 0 Å². The Labute approximate surface area is 114 Å². The lowest BCUT2D eigenvalue weighted by molar-refractivity contribution is 0.0692. The van der Waals surface area contributed by atoms with Crippen molar-refractivity contribution in [3.63, 3.8) is 0 Å². The second kappa shape index (κ2) is 5.23. The van der Waals surface area contributed by atoms with E-state index in [1.165, 1.54) is 12.8 Å². The number of hydrogen-bond donors (Lipinski definition) is 1. The van der Waals surface area contributed by atoms with E-state index in [-0.39, 0.29) is 5.91 Å². The highest BCUT2D eigenvalue weighted by molar-refractivity contribution is 5.92. The molecular formula is C14H22N4O. The first kappa shape index (κ1) is 12.5.